The molecular weight excluding hydrogens is 1580 g/mol. The van der Waals surface area contributed by atoms with Crippen molar-refractivity contribution >= 4 is 95.2 Å². The van der Waals surface area contributed by atoms with Gasteiger partial charge in [-0.2, -0.15) is 0 Å². The summed E-state index contributed by atoms with van der Waals surface area (Å²) in [7, 11) is 35.2. The third-order valence-electron chi connectivity index (χ3n) is 16.7. The number of hydrogen-bond donors (Lipinski definition) is 4. The Hall–Kier alpha value is -5.37. The molecule has 26 heteroatoms. The van der Waals surface area contributed by atoms with Crippen LogP contribution in [0.25, 0.3) is 0 Å². The van der Waals surface area contributed by atoms with Gasteiger partial charge in [-0.05, 0) is 62.2 Å². The van der Waals surface area contributed by atoms with Gasteiger partial charge in [0, 0.05) is 12.8 Å². The van der Waals surface area contributed by atoms with E-state index in [1.807, 2.05) is 110 Å². The number of aliphatic hydroxyl groups excluding tert-OH is 4. The molecule has 4 heterocycles. The zero-order chi connectivity index (χ0) is 75.0. The first-order chi connectivity index (χ1) is 47.6. The fraction of sp³-hybridized carbons (Fsp3) is 0.513. The van der Waals surface area contributed by atoms with Gasteiger partial charge >= 0.3 is 147 Å². The van der Waals surface area contributed by atoms with E-state index in [1.165, 1.54) is 0 Å². The first-order valence-corrected chi connectivity index (χ1v) is 43.9. The summed E-state index contributed by atoms with van der Waals surface area (Å²) >= 11 is -3.23. The van der Waals surface area contributed by atoms with Gasteiger partial charge in [0.15, 0.2) is 22.2 Å². The molecule has 2 aromatic carbocycles. The van der Waals surface area contributed by atoms with Crippen LogP contribution in [0, 0.1) is 53.4 Å². The standard InChI is InChI=1S/2C16H26N2O3.2C14H22N2O3.2C7H6.4CH3.4ClH.2Ru/c2*1-7-9-12(19)16(10-8-2)15(21-6)17-13(11(3)4)14(18-16)20-5;2*1-9(2)11-12(18-3)16-14(13(15-11)19-4)8-6-5-7-10(14)17;2*1-7-5-3-2-4-6-7;;;;;;;;;;/h2*7-8,11-13,19H,1-2,9-10H2,3-6H3;2*5,7,9-11,17H,6,8H2,1-4H3;2*1-6H;4*1H3;4*1H;;/q;;;;;;4*-1;;;;;2*+2/p-4/t2*12?,13-,16+;10?,11-,14?;10?,11-,14+;;;;;;;;;;;;/m1111............/s1. The van der Waals surface area contributed by atoms with Gasteiger partial charge in [-0.25, -0.2) is 39.9 Å². The van der Waals surface area contributed by atoms with E-state index in [0.29, 0.717) is 85.7 Å². The quantitative estimate of drug-likeness (QED) is 0.0695. The Kier molecular flexibility index (Phi) is 48.7. The summed E-state index contributed by atoms with van der Waals surface area (Å²) in [6.07, 6.45) is 15.7. The van der Waals surface area contributed by atoms with Gasteiger partial charge in [0.2, 0.25) is 47.2 Å². The third kappa shape index (κ3) is 27.1. The minimum absolute atomic E-state index is 0. The van der Waals surface area contributed by atoms with E-state index < -0.39 is 73.6 Å². The van der Waals surface area contributed by atoms with Crippen LogP contribution in [0.1, 0.15) is 118 Å². The van der Waals surface area contributed by atoms with Gasteiger partial charge < -0.3 is 88.0 Å². The first kappa shape index (κ1) is 101. The summed E-state index contributed by atoms with van der Waals surface area (Å²) in [6.45, 7) is 31.3. The van der Waals surface area contributed by atoms with Crippen LogP contribution in [0.15, 0.2) is 176 Å². The van der Waals surface area contributed by atoms with Crippen molar-refractivity contribution in [1.82, 2.24) is 0 Å². The number of aliphatic hydroxyl groups is 4. The molecule has 20 nitrogen and oxygen atoms in total. The van der Waals surface area contributed by atoms with Gasteiger partial charge in [-0.3, -0.25) is 0 Å². The van der Waals surface area contributed by atoms with Crippen LogP contribution in [-0.4, -0.2) is 204 Å². The number of methoxy groups -OCH3 is 8. The summed E-state index contributed by atoms with van der Waals surface area (Å²) in [4.78, 5) is 37.2. The van der Waals surface area contributed by atoms with Crippen LogP contribution in [0.5, 0.6) is 0 Å². The van der Waals surface area contributed by atoms with Crippen LogP contribution in [-0.2, 0) is 64.9 Å². The molecule has 5 unspecified atom stereocenters. The van der Waals surface area contributed by atoms with Crippen molar-refractivity contribution in [2.45, 2.75) is 177 Å². The number of rotatable bonds is 16. The van der Waals surface area contributed by atoms with Crippen molar-refractivity contribution in [3.8, 4) is 0 Å². The second-order valence-corrected chi connectivity index (χ2v) is 36.4. The molecule has 6 aliphatic rings. The number of aliphatic imine (C=N–C) groups is 8. The zero-order valence-electron chi connectivity index (χ0n) is 64.8. The van der Waals surface area contributed by atoms with Crippen molar-refractivity contribution in [3.05, 3.63) is 176 Å². The predicted octanol–water partition coefficient (Wildman–Crippen LogP) is 15.2. The van der Waals surface area contributed by atoms with E-state index >= 15 is 0 Å². The van der Waals surface area contributed by atoms with Crippen LogP contribution in [0.3, 0.4) is 0 Å². The third-order valence-corrected chi connectivity index (χ3v) is 20.4. The fourth-order valence-corrected chi connectivity index (χ4v) is 15.1. The molecule has 0 saturated heterocycles. The SMILES string of the molecule is C=CCC(O)[C@]1(CC=C)N=C(OC)[C@@H](C(C)C)N=C1OC.C=CCC(O)[C@]1(CC=C)N=C(OC)[C@@H](C(C)C)N=C1OC.COC1=NC2(CCC=CC2O)C(OC)=N[C@@H]1C(C)C.COC1=N[C@]2(CCC=CC2O)C(OC)=N[C@@H]1C(C)C.[CH3-].[CH3-].[CH3-].[CH3-].[Cl][Ru]([Cl])=[CH]c1ccccc1.[Cl][Ru]([Cl])=[CH]c1ccccc1. The molecule has 104 heavy (non-hydrogen) atoms. The molecule has 0 saturated carbocycles. The van der Waals surface area contributed by atoms with E-state index in [-0.39, 0.29) is 77.5 Å². The number of nitrogens with zero attached hydrogens (tertiary/aromatic N) is 8. The van der Waals surface area contributed by atoms with E-state index in [2.05, 4.69) is 93.9 Å². The Morgan fingerprint density at radius 2 is 0.702 bits per heavy atom. The predicted molar refractivity (Wildman–Crippen MR) is 433 cm³/mol. The number of benzene rings is 2. The molecule has 0 bridgehead atoms. The topological polar surface area (TPSA) is 254 Å². The van der Waals surface area contributed by atoms with Crippen molar-refractivity contribution in [3.63, 3.8) is 0 Å². The number of halogens is 4. The summed E-state index contributed by atoms with van der Waals surface area (Å²) in [5.74, 6) is 4.95. The Morgan fingerprint density at radius 3 is 0.923 bits per heavy atom. The molecule has 12 atom stereocenters. The molecule has 2 aliphatic carbocycles. The Labute approximate surface area is 650 Å². The monoisotopic (exact) mass is 1700 g/mol. The van der Waals surface area contributed by atoms with Crippen LogP contribution in [0.2, 0.25) is 0 Å². The van der Waals surface area contributed by atoms with Crippen molar-refractivity contribution in [2.24, 2.45) is 63.6 Å². The second kappa shape index (κ2) is 50.3. The normalized spacial score (nSPS) is 25.3. The average Bonchev–Trinajstić information content (AvgIpc) is 0.773. The summed E-state index contributed by atoms with van der Waals surface area (Å²) in [6, 6.07) is 19.1. The zero-order valence-corrected chi connectivity index (χ0v) is 71.3. The van der Waals surface area contributed by atoms with Gasteiger partial charge in [-0.1, -0.05) is 104 Å². The molecule has 8 rings (SSSR count). The Morgan fingerprint density at radius 1 is 0.433 bits per heavy atom. The molecule has 2 aromatic rings. The molecule has 2 spiro atoms. The van der Waals surface area contributed by atoms with Gasteiger partial charge in [0.25, 0.3) is 0 Å². The van der Waals surface area contributed by atoms with E-state index in [0.717, 1.165) is 24.0 Å². The first-order valence-electron chi connectivity index (χ1n) is 32.9. The molecule has 592 valence electrons. The molecule has 0 amide bonds. The van der Waals surface area contributed by atoms with Gasteiger partial charge in [-0.15, -0.1) is 26.3 Å². The Balaban J connectivity index is 0. The molecule has 0 fully saturated rings. The summed E-state index contributed by atoms with van der Waals surface area (Å²) in [5, 5.41) is 41.7. The van der Waals surface area contributed by atoms with Gasteiger partial charge in [0.05, 0.1) is 69.1 Å². The van der Waals surface area contributed by atoms with E-state index in [4.69, 9.17) is 76.7 Å². The van der Waals surface area contributed by atoms with E-state index in [9.17, 15) is 20.4 Å². The maximum atomic E-state index is 10.6. The number of ether oxygens (including phenoxy) is 8. The Bertz CT molecular complexity index is 3110. The van der Waals surface area contributed by atoms with Gasteiger partial charge in [0.1, 0.15) is 36.4 Å². The minimum atomic E-state index is -1.61. The molecule has 0 radical (unpaired) electrons. The summed E-state index contributed by atoms with van der Waals surface area (Å²) in [5.41, 5.74) is -1.40. The van der Waals surface area contributed by atoms with Crippen LogP contribution >= 0.6 is 38.8 Å². The maximum absolute atomic E-state index is 10.6. The number of hydrogen-bond acceptors (Lipinski definition) is 20. The number of allylic oxidation sites excluding steroid dienone is 2. The molecule has 4 aliphatic heterocycles. The van der Waals surface area contributed by atoms with Crippen molar-refractivity contribution in [1.29, 1.82) is 0 Å². The van der Waals surface area contributed by atoms with E-state index in [1.54, 1.807) is 93.3 Å². The van der Waals surface area contributed by atoms with Crippen LogP contribution in [0.4, 0.5) is 0 Å². The molecular formula is C78H120Cl4N8O12Ru2-4. The summed E-state index contributed by atoms with van der Waals surface area (Å²) < 4.78 is 47.2. The van der Waals surface area contributed by atoms with Crippen LogP contribution < -0.4 is 0 Å². The average molecular weight is 1710 g/mol. The second-order valence-electron chi connectivity index (χ2n) is 24.9. The molecule has 4 N–H and O–H groups in total. The van der Waals surface area contributed by atoms with Crippen molar-refractivity contribution < 1.29 is 85.4 Å². The fourth-order valence-electron chi connectivity index (χ4n) is 11.5. The molecule has 0 aromatic heterocycles. The van der Waals surface area contributed by atoms with Crippen molar-refractivity contribution in [2.75, 3.05) is 56.9 Å².